The third-order valence-corrected chi connectivity index (χ3v) is 2.85. The number of ether oxygens (including phenoxy) is 2. The monoisotopic (exact) mass is 274 g/mol. The van der Waals surface area contributed by atoms with Gasteiger partial charge in [0.1, 0.15) is 0 Å². The van der Waals surface area contributed by atoms with Gasteiger partial charge in [-0.25, -0.2) is 0 Å². The highest BCUT2D eigenvalue weighted by molar-refractivity contribution is 6.01. The molecule has 0 heterocycles. The first-order valence-electron chi connectivity index (χ1n) is 6.12. The predicted molar refractivity (Wildman–Crippen MR) is 76.8 cm³/mol. The van der Waals surface area contributed by atoms with Gasteiger partial charge in [0.15, 0.2) is 5.41 Å². The number of allylic oxidation sites excluding steroid dienone is 2. The number of methoxy groups -OCH3 is 2. The molecule has 0 atom stereocenters. The van der Waals surface area contributed by atoms with Crippen molar-refractivity contribution in [3.63, 3.8) is 0 Å². The number of hydrogen-bond donors (Lipinski definition) is 0. The lowest BCUT2D eigenvalue weighted by atomic mass is 9.90. The molecule has 0 saturated heterocycles. The molecule has 0 amide bonds. The number of esters is 2. The molecule has 1 aromatic carbocycles. The number of carbonyl (C=O) groups is 2. The maximum atomic E-state index is 11.7. The van der Waals surface area contributed by atoms with Crippen molar-refractivity contribution in [1.82, 2.24) is 0 Å². The second-order valence-electron chi connectivity index (χ2n) is 4.31. The van der Waals surface area contributed by atoms with E-state index in [1.807, 2.05) is 36.4 Å². The van der Waals surface area contributed by atoms with Crippen LogP contribution in [0.5, 0.6) is 0 Å². The Balaban J connectivity index is 2.86. The summed E-state index contributed by atoms with van der Waals surface area (Å²) in [4.78, 5) is 23.4. The van der Waals surface area contributed by atoms with Crippen molar-refractivity contribution < 1.29 is 19.1 Å². The molecule has 1 aromatic rings. The zero-order valence-electron chi connectivity index (χ0n) is 11.8. The van der Waals surface area contributed by atoms with E-state index < -0.39 is 17.4 Å². The van der Waals surface area contributed by atoms with Crippen LogP contribution in [-0.4, -0.2) is 26.2 Å². The summed E-state index contributed by atoms with van der Waals surface area (Å²) in [5.74, 6) is -1.32. The first kappa shape index (κ1) is 15.7. The van der Waals surface area contributed by atoms with Gasteiger partial charge in [0.25, 0.3) is 0 Å². The van der Waals surface area contributed by atoms with Gasteiger partial charge in [-0.1, -0.05) is 54.6 Å². The van der Waals surface area contributed by atoms with Gasteiger partial charge >= 0.3 is 11.9 Å². The molecule has 1 rings (SSSR count). The molecule has 0 aliphatic rings. The molecule has 0 fully saturated rings. The summed E-state index contributed by atoms with van der Waals surface area (Å²) in [6.07, 6.45) is 6.70. The number of benzene rings is 1. The Morgan fingerprint density at radius 1 is 1.00 bits per heavy atom. The molecule has 0 N–H and O–H groups in total. The van der Waals surface area contributed by atoms with Crippen LogP contribution in [0.25, 0.3) is 6.08 Å². The number of hydrogen-bond acceptors (Lipinski definition) is 4. The van der Waals surface area contributed by atoms with Crippen molar-refractivity contribution >= 4 is 18.0 Å². The first-order chi connectivity index (χ1) is 9.54. The van der Waals surface area contributed by atoms with Gasteiger partial charge < -0.3 is 9.47 Å². The summed E-state index contributed by atoms with van der Waals surface area (Å²) in [6.45, 7) is 1.46. The molecular formula is C16H18O4. The van der Waals surface area contributed by atoms with Gasteiger partial charge in [0.05, 0.1) is 14.2 Å². The largest absolute Gasteiger partial charge is 0.468 e. The van der Waals surface area contributed by atoms with E-state index in [0.29, 0.717) is 0 Å². The average Bonchev–Trinajstić information content (AvgIpc) is 2.50. The van der Waals surface area contributed by atoms with Crippen LogP contribution < -0.4 is 0 Å². The topological polar surface area (TPSA) is 52.6 Å². The second kappa shape index (κ2) is 7.28. The molecular weight excluding hydrogens is 256 g/mol. The lowest BCUT2D eigenvalue weighted by molar-refractivity contribution is -0.163. The van der Waals surface area contributed by atoms with Crippen LogP contribution in [0.3, 0.4) is 0 Å². The molecule has 0 saturated carbocycles. The van der Waals surface area contributed by atoms with Gasteiger partial charge in [0.2, 0.25) is 0 Å². The molecule has 20 heavy (non-hydrogen) atoms. The minimum absolute atomic E-state index is 0.659. The van der Waals surface area contributed by atoms with Gasteiger partial charge in [0, 0.05) is 0 Å². The molecule has 0 aliphatic heterocycles. The molecule has 4 heteroatoms. The van der Waals surface area contributed by atoms with Crippen LogP contribution in [0.1, 0.15) is 12.5 Å². The molecule has 0 bridgehead atoms. The molecule has 0 unspecified atom stereocenters. The Bertz CT molecular complexity index is 499. The first-order valence-corrected chi connectivity index (χ1v) is 6.12. The lowest BCUT2D eigenvalue weighted by Gasteiger charge is -2.19. The predicted octanol–water partition coefficient (Wildman–Crippen LogP) is 2.61. The van der Waals surface area contributed by atoms with Gasteiger partial charge in [-0.15, -0.1) is 0 Å². The summed E-state index contributed by atoms with van der Waals surface area (Å²) < 4.78 is 9.28. The molecule has 0 radical (unpaired) electrons. The highest BCUT2D eigenvalue weighted by Gasteiger charge is 2.41. The zero-order valence-corrected chi connectivity index (χ0v) is 11.8. The third kappa shape index (κ3) is 3.82. The van der Waals surface area contributed by atoms with Crippen LogP contribution in [0.2, 0.25) is 0 Å². The highest BCUT2D eigenvalue weighted by Crippen LogP contribution is 2.22. The Labute approximate surface area is 118 Å². The van der Waals surface area contributed by atoms with Gasteiger partial charge in [-0.3, -0.25) is 9.59 Å². The fraction of sp³-hybridized carbons (Fsp3) is 0.250. The van der Waals surface area contributed by atoms with Crippen molar-refractivity contribution in [2.75, 3.05) is 14.2 Å². The zero-order chi connectivity index (χ0) is 15.0. The van der Waals surface area contributed by atoms with Crippen LogP contribution in [0, 0.1) is 5.41 Å². The Hall–Kier alpha value is -2.36. The highest BCUT2D eigenvalue weighted by atomic mass is 16.5. The lowest BCUT2D eigenvalue weighted by Crippen LogP contribution is -2.36. The van der Waals surface area contributed by atoms with Crippen LogP contribution in [-0.2, 0) is 19.1 Å². The average molecular weight is 274 g/mol. The van der Waals surface area contributed by atoms with Gasteiger partial charge in [-0.2, -0.15) is 0 Å². The Morgan fingerprint density at radius 2 is 1.55 bits per heavy atom. The normalized spacial score (nSPS) is 11.8. The minimum atomic E-state index is -1.44. The summed E-state index contributed by atoms with van der Waals surface area (Å²) >= 11 is 0. The third-order valence-electron chi connectivity index (χ3n) is 2.85. The summed E-state index contributed by atoms with van der Waals surface area (Å²) in [5.41, 5.74) is -0.417. The fourth-order valence-electron chi connectivity index (χ4n) is 1.62. The fourth-order valence-corrected chi connectivity index (χ4v) is 1.62. The van der Waals surface area contributed by atoms with Crippen LogP contribution >= 0.6 is 0 Å². The standard InChI is InChI=1S/C16H18O4/c1-16(14(17)19-2,15(18)20-3)12-8-7-11-13-9-5-4-6-10-13/h4-12H,1-3H3/b11-7-,12-8+. The maximum absolute atomic E-state index is 11.7. The van der Waals surface area contributed by atoms with E-state index in [9.17, 15) is 9.59 Å². The molecule has 106 valence electrons. The minimum Gasteiger partial charge on any atom is -0.468 e. The van der Waals surface area contributed by atoms with Crippen molar-refractivity contribution in [2.45, 2.75) is 6.92 Å². The van der Waals surface area contributed by atoms with E-state index in [4.69, 9.17) is 0 Å². The maximum Gasteiger partial charge on any atom is 0.326 e. The van der Waals surface area contributed by atoms with Gasteiger partial charge in [-0.05, 0) is 12.5 Å². The molecule has 4 nitrogen and oxygen atoms in total. The SMILES string of the molecule is COC(=O)C(C)(/C=C/C=C\c1ccccc1)C(=O)OC. The second-order valence-corrected chi connectivity index (χ2v) is 4.31. The van der Waals surface area contributed by atoms with Crippen LogP contribution in [0.15, 0.2) is 48.6 Å². The van der Waals surface area contributed by atoms with E-state index in [0.717, 1.165) is 5.56 Å². The molecule has 0 aliphatic carbocycles. The Morgan fingerprint density at radius 3 is 2.05 bits per heavy atom. The van der Waals surface area contributed by atoms with Crippen molar-refractivity contribution in [3.05, 3.63) is 54.1 Å². The van der Waals surface area contributed by atoms with E-state index in [2.05, 4.69) is 9.47 Å². The quantitative estimate of drug-likeness (QED) is 0.470. The molecule has 0 aromatic heterocycles. The Kier molecular flexibility index (Phi) is 5.72. The molecule has 0 spiro atoms. The summed E-state index contributed by atoms with van der Waals surface area (Å²) in [6, 6.07) is 9.68. The van der Waals surface area contributed by atoms with E-state index in [1.54, 1.807) is 12.2 Å². The van der Waals surface area contributed by atoms with E-state index in [-0.39, 0.29) is 0 Å². The number of carbonyl (C=O) groups excluding carboxylic acids is 2. The van der Waals surface area contributed by atoms with Crippen LogP contribution in [0.4, 0.5) is 0 Å². The van der Waals surface area contributed by atoms with Crippen molar-refractivity contribution in [2.24, 2.45) is 5.41 Å². The smallest absolute Gasteiger partial charge is 0.326 e. The van der Waals surface area contributed by atoms with E-state index in [1.165, 1.54) is 27.2 Å². The van der Waals surface area contributed by atoms with E-state index >= 15 is 0 Å². The number of rotatable bonds is 5. The van der Waals surface area contributed by atoms with Crippen molar-refractivity contribution in [3.8, 4) is 0 Å². The van der Waals surface area contributed by atoms with Crippen molar-refractivity contribution in [1.29, 1.82) is 0 Å². The summed E-state index contributed by atoms with van der Waals surface area (Å²) in [7, 11) is 2.47. The summed E-state index contributed by atoms with van der Waals surface area (Å²) in [5, 5.41) is 0.